The lowest BCUT2D eigenvalue weighted by Crippen LogP contribution is -2.39. The summed E-state index contributed by atoms with van der Waals surface area (Å²) in [6.07, 6.45) is 58.4. The third kappa shape index (κ3) is 30.0. The molecule has 0 amide bonds. The number of carboxylic acid groups (broad SMARTS) is 2. The Balaban J connectivity index is 0.000000307. The van der Waals surface area contributed by atoms with Gasteiger partial charge in [-0.1, -0.05) is 195 Å². The van der Waals surface area contributed by atoms with E-state index >= 15 is 0 Å². The van der Waals surface area contributed by atoms with Crippen LogP contribution in [0.3, 0.4) is 0 Å². The van der Waals surface area contributed by atoms with Crippen molar-refractivity contribution in [1.82, 2.24) is 9.80 Å². The van der Waals surface area contributed by atoms with E-state index in [2.05, 4.69) is 163 Å². The maximum Gasteiger partial charge on any atom is 0.330 e. The number of fused-ring (bicyclic) bond motifs is 2. The largest absolute Gasteiger partial charge is 0.481 e. The van der Waals surface area contributed by atoms with Crippen LogP contribution in [0.1, 0.15) is 161 Å². The number of esters is 2. The molecule has 14 heteroatoms. The van der Waals surface area contributed by atoms with Gasteiger partial charge in [-0.25, -0.2) is 4.79 Å². The topological polar surface area (TPSA) is 134 Å². The van der Waals surface area contributed by atoms with Gasteiger partial charge in [-0.15, -0.1) is 22.7 Å². The standard InChI is InChI=1S/C36H44ClNO4S.C20H30O2.C15H14ClNO2S/c1-2-3-4-5-6-7-8-9-10-11-12-13-14-15-16-17-18-23-34(39)41-29-42-36(40)35(31-21-19-20-22-32(31)37)38-26-24-33-30(28-38)25-27-43-33;1-2-3-4-5-6-7-8-9-10-11-12-13-14-15-16-17-18-19-20(21)22;16-12-4-2-1-3-11(12)14(15(18)19)17-7-5-13-10(9-17)6-8-20-13/h3-4,6-7,9-10,12-13,15-16,19-22,25,27,35H,2,5,8,11,14,17-18,23-24,26,28-29H2,1H3;3-4,6-7,9-10,12-13,15-16H,2,5,8,11,14,17-19H2,1H3,(H,21,22);1-4,6,8,14H,5,7,9H2,(H,18,19)/b2*4-3-,7-6-,10-9-,13-12-,16-15-;/t35-;;14-/m0.0/s1. The van der Waals surface area contributed by atoms with E-state index in [1.54, 1.807) is 40.9 Å². The van der Waals surface area contributed by atoms with E-state index in [0.717, 1.165) is 103 Å². The summed E-state index contributed by atoms with van der Waals surface area (Å²) in [5.41, 5.74) is 3.82. The van der Waals surface area contributed by atoms with Crippen LogP contribution in [0.15, 0.2) is 193 Å². The number of thiophene rings is 2. The summed E-state index contributed by atoms with van der Waals surface area (Å²) in [6.45, 7) is 6.65. The van der Waals surface area contributed by atoms with Crippen LogP contribution in [0.5, 0.6) is 0 Å². The van der Waals surface area contributed by atoms with Crippen LogP contribution >= 0.6 is 45.9 Å². The molecule has 6 rings (SSSR count). The van der Waals surface area contributed by atoms with Gasteiger partial charge in [-0.3, -0.25) is 24.2 Å². The van der Waals surface area contributed by atoms with Crippen molar-refractivity contribution in [2.24, 2.45) is 0 Å². The first-order valence-electron chi connectivity index (χ1n) is 29.9. The molecule has 0 unspecified atom stereocenters. The molecule has 0 radical (unpaired) electrons. The number of hydrogen-bond acceptors (Lipinski definition) is 10. The number of halogens is 2. The second kappa shape index (κ2) is 45.0. The SMILES string of the molecule is CC/C=C\C/C=C\C/C=C\C/C=C\C/C=C\CCCC(=O)O.CC/C=C\C/C=C\C/C=C\C/C=C\C/C=C\CCCC(=O)OCOC(=O)[C@H](c1ccccc1Cl)N1CCc2sccc2C1.O=C(O)[C@H](c1ccccc1Cl)N1CCc2sccc2C1. The average molecular weight is 1230 g/mol. The Labute approximate surface area is 524 Å². The molecule has 2 N–H and O–H groups in total. The number of ether oxygens (including phenoxy) is 2. The van der Waals surface area contributed by atoms with Crippen LogP contribution in [-0.4, -0.2) is 63.8 Å². The molecule has 2 aromatic heterocycles. The van der Waals surface area contributed by atoms with Gasteiger partial charge >= 0.3 is 23.9 Å². The molecule has 0 spiro atoms. The molecule has 2 atom stereocenters. The van der Waals surface area contributed by atoms with Gasteiger partial charge in [0, 0.05) is 58.8 Å². The second-order valence-electron chi connectivity index (χ2n) is 20.1. The monoisotopic (exact) mass is 1230 g/mol. The molecule has 456 valence electrons. The summed E-state index contributed by atoms with van der Waals surface area (Å²) in [5, 5.41) is 23.3. The van der Waals surface area contributed by atoms with E-state index in [1.165, 1.54) is 20.9 Å². The number of aliphatic carboxylic acids is 2. The predicted molar refractivity (Wildman–Crippen MR) is 354 cm³/mol. The minimum absolute atomic E-state index is 0.258. The van der Waals surface area contributed by atoms with Crippen LogP contribution < -0.4 is 0 Å². The zero-order chi connectivity index (χ0) is 61.0. The normalized spacial score (nSPS) is 14.7. The number of hydrogen-bond donors (Lipinski definition) is 2. The number of unbranched alkanes of at least 4 members (excludes halogenated alkanes) is 2. The lowest BCUT2D eigenvalue weighted by Gasteiger charge is -2.33. The highest BCUT2D eigenvalue weighted by Crippen LogP contribution is 2.35. The first kappa shape index (κ1) is 71.1. The molecule has 4 aromatic rings. The van der Waals surface area contributed by atoms with Crippen LogP contribution in [0, 0.1) is 0 Å². The van der Waals surface area contributed by atoms with E-state index in [9.17, 15) is 24.3 Å². The molecule has 0 saturated carbocycles. The van der Waals surface area contributed by atoms with Crippen LogP contribution in [-0.2, 0) is 54.6 Å². The fourth-order valence-electron chi connectivity index (χ4n) is 9.11. The van der Waals surface area contributed by atoms with E-state index in [4.69, 9.17) is 37.8 Å². The number of benzene rings is 2. The first-order valence-corrected chi connectivity index (χ1v) is 32.4. The quantitative estimate of drug-likeness (QED) is 0.0202. The Morgan fingerprint density at radius 1 is 0.506 bits per heavy atom. The molecular formula is C71H88Cl2N2O8S2. The lowest BCUT2D eigenvalue weighted by molar-refractivity contribution is -0.171. The Morgan fingerprint density at radius 2 is 0.882 bits per heavy atom. The highest BCUT2D eigenvalue weighted by atomic mass is 35.5. The van der Waals surface area contributed by atoms with Crippen molar-refractivity contribution in [3.05, 3.63) is 235 Å². The third-order valence-electron chi connectivity index (χ3n) is 13.5. The van der Waals surface area contributed by atoms with E-state index in [-0.39, 0.29) is 18.8 Å². The highest BCUT2D eigenvalue weighted by Gasteiger charge is 2.34. The molecule has 0 bridgehead atoms. The molecule has 0 aliphatic carbocycles. The molecular weight excluding hydrogens is 1140 g/mol. The van der Waals surface area contributed by atoms with E-state index < -0.39 is 36.8 Å². The van der Waals surface area contributed by atoms with Gasteiger partial charge in [0.15, 0.2) is 0 Å². The van der Waals surface area contributed by atoms with Crippen molar-refractivity contribution < 1.29 is 38.9 Å². The van der Waals surface area contributed by atoms with Crippen molar-refractivity contribution >= 4 is 69.8 Å². The summed E-state index contributed by atoms with van der Waals surface area (Å²) in [6, 6.07) is 17.3. The summed E-state index contributed by atoms with van der Waals surface area (Å²) in [5.74, 6) is -2.42. The van der Waals surface area contributed by atoms with Gasteiger partial charge in [-0.2, -0.15) is 0 Å². The average Bonchev–Trinajstić information content (AvgIpc) is 4.38. The third-order valence-corrected chi connectivity index (χ3v) is 16.2. The van der Waals surface area contributed by atoms with Gasteiger partial charge in [0.2, 0.25) is 6.79 Å². The predicted octanol–water partition coefficient (Wildman–Crippen LogP) is 19.0. The van der Waals surface area contributed by atoms with Crippen molar-refractivity contribution in [3.63, 3.8) is 0 Å². The van der Waals surface area contributed by atoms with Gasteiger partial charge in [0.1, 0.15) is 12.1 Å². The fraction of sp³-hybridized carbons (Fsp3) is 0.380. The highest BCUT2D eigenvalue weighted by molar-refractivity contribution is 7.10. The van der Waals surface area contributed by atoms with Crippen molar-refractivity contribution in [3.8, 4) is 0 Å². The molecule has 0 fully saturated rings. The lowest BCUT2D eigenvalue weighted by atomic mass is 10.0. The van der Waals surface area contributed by atoms with Gasteiger partial charge in [0.05, 0.1) is 0 Å². The van der Waals surface area contributed by atoms with E-state index in [1.807, 2.05) is 35.2 Å². The molecule has 10 nitrogen and oxygen atoms in total. The minimum Gasteiger partial charge on any atom is -0.481 e. The zero-order valence-electron chi connectivity index (χ0n) is 49.7. The van der Waals surface area contributed by atoms with Crippen LogP contribution in [0.2, 0.25) is 10.0 Å². The van der Waals surface area contributed by atoms with Gasteiger partial charge < -0.3 is 19.7 Å². The summed E-state index contributed by atoms with van der Waals surface area (Å²) < 4.78 is 10.6. The number of allylic oxidation sites excluding steroid dienone is 20. The number of carbonyl (C=O) groups excluding carboxylic acids is 2. The Hall–Kier alpha value is -6.38. The molecule has 85 heavy (non-hydrogen) atoms. The summed E-state index contributed by atoms with van der Waals surface area (Å²) >= 11 is 16.1. The maximum atomic E-state index is 13.2. The zero-order valence-corrected chi connectivity index (χ0v) is 52.8. The van der Waals surface area contributed by atoms with E-state index in [0.29, 0.717) is 47.2 Å². The maximum absolute atomic E-state index is 13.2. The van der Waals surface area contributed by atoms with Gasteiger partial charge in [0.25, 0.3) is 0 Å². The first-order chi connectivity index (χ1) is 41.5. The number of carbonyl (C=O) groups is 4. The molecule has 4 heterocycles. The second-order valence-corrected chi connectivity index (χ2v) is 22.9. The molecule has 0 saturated heterocycles. The minimum atomic E-state index is -0.850. The smallest absolute Gasteiger partial charge is 0.330 e. The fourth-order valence-corrected chi connectivity index (χ4v) is 11.4. The molecule has 2 aromatic carbocycles. The van der Waals surface area contributed by atoms with Crippen molar-refractivity contribution in [1.29, 1.82) is 0 Å². The molecule has 2 aliphatic heterocycles. The number of carboxylic acids is 2. The molecule has 2 aliphatic rings. The Morgan fingerprint density at radius 3 is 1.28 bits per heavy atom. The summed E-state index contributed by atoms with van der Waals surface area (Å²) in [4.78, 5) is 54.2. The van der Waals surface area contributed by atoms with Crippen LogP contribution in [0.25, 0.3) is 0 Å². The Kier molecular flexibility index (Phi) is 37.6. The number of rotatable bonds is 34. The number of nitrogens with zero attached hydrogens (tertiary/aromatic N) is 2. The Bertz CT molecular complexity index is 2890. The van der Waals surface area contributed by atoms with Gasteiger partial charge in [-0.05, 0) is 160 Å². The van der Waals surface area contributed by atoms with Crippen LogP contribution in [0.4, 0.5) is 0 Å². The summed E-state index contributed by atoms with van der Waals surface area (Å²) in [7, 11) is 0. The van der Waals surface area contributed by atoms with Crippen molar-refractivity contribution in [2.75, 3.05) is 19.9 Å². The van der Waals surface area contributed by atoms with Crippen molar-refractivity contribution in [2.45, 2.75) is 155 Å².